The van der Waals surface area contributed by atoms with E-state index >= 15 is 0 Å². The maximum Gasteiger partial charge on any atom is 0.184 e. The molecule has 3 nitrogen and oxygen atoms in total. The van der Waals surface area contributed by atoms with Crippen molar-refractivity contribution >= 4 is 5.71 Å². The van der Waals surface area contributed by atoms with Crippen LogP contribution in [0.1, 0.15) is 120 Å². The van der Waals surface area contributed by atoms with E-state index in [9.17, 15) is 8.78 Å². The Balaban J connectivity index is 1.75. The summed E-state index contributed by atoms with van der Waals surface area (Å²) in [5.74, 6) is 0.857. The molecule has 0 N–H and O–H groups in total. The molecule has 5 heteroatoms. The molecular formula is C36H52F2NO2+. The fourth-order valence-corrected chi connectivity index (χ4v) is 5.85. The van der Waals surface area contributed by atoms with Gasteiger partial charge in [-0.1, -0.05) is 77.2 Å². The molecule has 2 aromatic carbocycles. The first-order valence-electron chi connectivity index (χ1n) is 16.1. The van der Waals surface area contributed by atoms with Crippen LogP contribution in [-0.2, 0) is 13.0 Å². The number of hydrogen-bond donors (Lipinski definition) is 0. The van der Waals surface area contributed by atoms with Crippen molar-refractivity contribution < 1.29 is 22.8 Å². The number of fused-ring (bicyclic) bond motifs is 1. The van der Waals surface area contributed by atoms with Gasteiger partial charge in [0.25, 0.3) is 0 Å². The second-order valence-corrected chi connectivity index (χ2v) is 11.4. The average molecular weight is 569 g/mol. The Morgan fingerprint density at radius 2 is 1.59 bits per heavy atom. The third-order valence-electron chi connectivity index (χ3n) is 8.20. The average Bonchev–Trinajstić information content (AvgIpc) is 2.98. The van der Waals surface area contributed by atoms with Crippen LogP contribution in [0.15, 0.2) is 43.0 Å². The zero-order valence-corrected chi connectivity index (χ0v) is 25.6. The van der Waals surface area contributed by atoms with Crippen molar-refractivity contribution in [3.05, 3.63) is 71.3 Å². The van der Waals surface area contributed by atoms with Crippen LogP contribution in [0.4, 0.5) is 8.78 Å². The van der Waals surface area contributed by atoms with Crippen LogP contribution in [0.25, 0.3) is 0 Å². The Hall–Kier alpha value is -2.69. The molecule has 0 amide bonds. The largest absolute Gasteiger partial charge is 0.493 e. The molecule has 0 saturated carbocycles. The Kier molecular flexibility index (Phi) is 15.0. The van der Waals surface area contributed by atoms with Gasteiger partial charge in [0.1, 0.15) is 18.2 Å². The minimum Gasteiger partial charge on any atom is -0.493 e. The van der Waals surface area contributed by atoms with Crippen LogP contribution < -0.4 is 9.47 Å². The molecule has 0 unspecified atom stereocenters. The van der Waals surface area contributed by atoms with E-state index in [1.165, 1.54) is 93.7 Å². The summed E-state index contributed by atoms with van der Waals surface area (Å²) in [6.45, 7) is 7.82. The molecule has 0 saturated heterocycles. The number of nitrogens with zero attached hydrogens (tertiary/aromatic N) is 1. The van der Waals surface area contributed by atoms with Gasteiger partial charge in [-0.05, 0) is 56.0 Å². The van der Waals surface area contributed by atoms with E-state index in [1.807, 2.05) is 12.1 Å². The van der Waals surface area contributed by atoms with Gasteiger partial charge >= 0.3 is 0 Å². The number of methoxy groups -OCH3 is 1. The first-order chi connectivity index (χ1) is 20.1. The van der Waals surface area contributed by atoms with Crippen molar-refractivity contribution in [3.8, 4) is 11.5 Å². The molecule has 0 radical (unpaired) electrons. The van der Waals surface area contributed by atoms with Crippen molar-refractivity contribution in [3.63, 3.8) is 0 Å². The maximum atomic E-state index is 14.6. The van der Waals surface area contributed by atoms with Gasteiger partial charge in [0.05, 0.1) is 19.3 Å². The molecule has 2 aromatic rings. The van der Waals surface area contributed by atoms with Gasteiger partial charge in [-0.2, -0.15) is 0 Å². The molecule has 226 valence electrons. The fourth-order valence-electron chi connectivity index (χ4n) is 5.85. The Morgan fingerprint density at radius 3 is 2.32 bits per heavy atom. The number of halogens is 2. The van der Waals surface area contributed by atoms with Crippen LogP contribution in [-0.4, -0.2) is 30.5 Å². The highest BCUT2D eigenvalue weighted by molar-refractivity contribution is 5.99. The molecule has 0 spiro atoms. The van der Waals surface area contributed by atoms with E-state index in [2.05, 4.69) is 24.1 Å². The third kappa shape index (κ3) is 10.6. The lowest BCUT2D eigenvalue weighted by molar-refractivity contribution is -0.546. The van der Waals surface area contributed by atoms with Crippen molar-refractivity contribution in [2.24, 2.45) is 0 Å². The molecule has 1 aliphatic rings. The summed E-state index contributed by atoms with van der Waals surface area (Å²) in [5.41, 5.74) is 3.95. The molecule has 3 rings (SSSR count). The Labute approximate surface area is 247 Å². The van der Waals surface area contributed by atoms with Crippen molar-refractivity contribution in [2.75, 3.05) is 20.3 Å². The lowest BCUT2D eigenvalue weighted by Crippen LogP contribution is -2.31. The van der Waals surface area contributed by atoms with E-state index in [0.29, 0.717) is 18.7 Å². The topological polar surface area (TPSA) is 21.5 Å². The Morgan fingerprint density at radius 1 is 0.878 bits per heavy atom. The third-order valence-corrected chi connectivity index (χ3v) is 8.20. The first kappa shape index (κ1) is 32.8. The van der Waals surface area contributed by atoms with Crippen molar-refractivity contribution in [1.29, 1.82) is 0 Å². The van der Waals surface area contributed by atoms with E-state index in [-0.39, 0.29) is 5.82 Å². The standard InChI is InChI=1S/C36H52F2NO2/c1-4-6-8-10-12-13-14-15-17-19-34-31-21-23-35(40-3)36(41-26-18-16-11-9-7-5-2)32(31)24-25-39(34)28-29-27-30(37)20-22-33(29)38/h5,20-23,27H,2,4,6-19,24-26,28H2,1,3H3/q+1. The highest BCUT2D eigenvalue weighted by Crippen LogP contribution is 2.37. The number of benzene rings is 2. The number of unbranched alkanes of at least 4 members (excludes halogenated alkanes) is 12. The zero-order valence-electron chi connectivity index (χ0n) is 25.6. The van der Waals surface area contributed by atoms with Gasteiger partial charge in [0.2, 0.25) is 0 Å². The van der Waals surface area contributed by atoms with Crippen LogP contribution in [0.3, 0.4) is 0 Å². The zero-order chi connectivity index (χ0) is 29.3. The van der Waals surface area contributed by atoms with Gasteiger partial charge in [-0.25, -0.2) is 13.4 Å². The van der Waals surface area contributed by atoms with Crippen molar-refractivity contribution in [1.82, 2.24) is 0 Å². The molecule has 1 heterocycles. The van der Waals surface area contributed by atoms with Crippen molar-refractivity contribution in [2.45, 2.75) is 116 Å². The number of hydrogen-bond acceptors (Lipinski definition) is 2. The second-order valence-electron chi connectivity index (χ2n) is 11.4. The quantitative estimate of drug-likeness (QED) is 0.0849. The summed E-state index contributed by atoms with van der Waals surface area (Å²) < 4.78 is 43.0. The highest BCUT2D eigenvalue weighted by atomic mass is 19.1. The van der Waals surface area contributed by atoms with E-state index in [4.69, 9.17) is 9.47 Å². The van der Waals surface area contributed by atoms with Crippen LogP contribution in [0.2, 0.25) is 0 Å². The second kappa shape index (κ2) is 18.7. The van der Waals surface area contributed by atoms with Gasteiger partial charge < -0.3 is 9.47 Å². The normalized spacial score (nSPS) is 12.9. The molecule has 0 atom stereocenters. The maximum absolute atomic E-state index is 14.6. The highest BCUT2D eigenvalue weighted by Gasteiger charge is 2.30. The summed E-state index contributed by atoms with van der Waals surface area (Å²) in [5, 5.41) is 0. The van der Waals surface area contributed by atoms with Gasteiger partial charge in [0.15, 0.2) is 23.8 Å². The lowest BCUT2D eigenvalue weighted by atomic mass is 9.91. The first-order valence-corrected chi connectivity index (χ1v) is 16.1. The number of ether oxygens (including phenoxy) is 2. The minimum absolute atomic E-state index is 0.355. The molecule has 0 fully saturated rings. The summed E-state index contributed by atoms with van der Waals surface area (Å²) >= 11 is 0. The molecule has 0 bridgehead atoms. The number of rotatable bonds is 21. The predicted molar refractivity (Wildman–Crippen MR) is 167 cm³/mol. The molecular weight excluding hydrogens is 516 g/mol. The molecule has 0 aromatic heterocycles. The summed E-state index contributed by atoms with van der Waals surface area (Å²) in [6.07, 6.45) is 20.6. The van der Waals surface area contributed by atoms with E-state index < -0.39 is 5.82 Å². The monoisotopic (exact) mass is 568 g/mol. The van der Waals surface area contributed by atoms with Gasteiger partial charge in [0, 0.05) is 24.0 Å². The SMILES string of the molecule is C=CCCCCCCOc1c(OC)ccc2c1CC[N+](Cc1cc(F)ccc1F)=C2CCCCCCCCCCC. The predicted octanol–water partition coefficient (Wildman–Crippen LogP) is 9.97. The lowest BCUT2D eigenvalue weighted by Gasteiger charge is -2.23. The summed E-state index contributed by atoms with van der Waals surface area (Å²) in [4.78, 5) is 0. The number of allylic oxidation sites excluding steroid dienone is 1. The fraction of sp³-hybridized carbons (Fsp3) is 0.583. The molecule has 41 heavy (non-hydrogen) atoms. The molecule has 0 aliphatic carbocycles. The summed E-state index contributed by atoms with van der Waals surface area (Å²) in [6, 6.07) is 7.89. The van der Waals surface area contributed by atoms with Crippen LogP contribution in [0, 0.1) is 11.6 Å². The summed E-state index contributed by atoms with van der Waals surface area (Å²) in [7, 11) is 1.69. The minimum atomic E-state index is -0.399. The smallest absolute Gasteiger partial charge is 0.184 e. The van der Waals surface area contributed by atoms with Gasteiger partial charge in [-0.3, -0.25) is 0 Å². The van der Waals surface area contributed by atoms with Crippen LogP contribution >= 0.6 is 0 Å². The van der Waals surface area contributed by atoms with E-state index in [1.54, 1.807) is 7.11 Å². The van der Waals surface area contributed by atoms with Gasteiger partial charge in [-0.15, -0.1) is 6.58 Å². The van der Waals surface area contributed by atoms with E-state index in [0.717, 1.165) is 62.1 Å². The van der Waals surface area contributed by atoms with Crippen LogP contribution in [0.5, 0.6) is 11.5 Å². The Bertz CT molecular complexity index is 1110. The molecule has 1 aliphatic heterocycles.